The molecular weight excluding hydrogens is 339 g/mol. The maximum absolute atomic E-state index is 13.6. The maximum Gasteiger partial charge on any atom is 0.266 e. The van der Waals surface area contributed by atoms with Crippen LogP contribution in [0.25, 0.3) is 32.1 Å². The quantitative estimate of drug-likeness (QED) is 0.497. The van der Waals surface area contributed by atoms with Crippen LogP contribution in [0.2, 0.25) is 0 Å². The molecule has 0 bridgehead atoms. The second-order valence-electron chi connectivity index (χ2n) is 5.25. The molecule has 0 amide bonds. The Balaban J connectivity index is 2.21. The van der Waals surface area contributed by atoms with Crippen molar-refractivity contribution < 1.29 is 18.3 Å². The first-order chi connectivity index (χ1) is 11.5. The predicted octanol–water partition coefficient (Wildman–Crippen LogP) is 4.53. The molecule has 0 saturated heterocycles. The topological polar surface area (TPSA) is 53.1 Å². The molecule has 0 fully saturated rings. The van der Waals surface area contributed by atoms with Gasteiger partial charge in [0.25, 0.3) is 5.56 Å². The van der Waals surface area contributed by atoms with Gasteiger partial charge in [-0.05, 0) is 41.3 Å². The Labute approximate surface area is 136 Å². The SMILES string of the molecule is O=c1[nH]c2ccc(O)c(-c3cc(F)c(F)c(F)c3)c2c2ccsc12. The van der Waals surface area contributed by atoms with Crippen LogP contribution >= 0.6 is 11.3 Å². The van der Waals surface area contributed by atoms with Crippen LogP contribution in [0, 0.1) is 17.5 Å². The summed E-state index contributed by atoms with van der Waals surface area (Å²) in [6.07, 6.45) is 0. The standard InChI is InChI=1S/C17H8F3NO2S/c18-9-5-7(6-10(19)15(9)20)13-12(22)2-1-11-14(13)8-3-4-24-16(8)17(23)21-11/h1-6,22H,(H,21,23). The number of hydrogen-bond acceptors (Lipinski definition) is 3. The number of H-pyrrole nitrogens is 1. The number of halogens is 3. The Bertz CT molecular complexity index is 1160. The fraction of sp³-hybridized carbons (Fsp3) is 0. The minimum Gasteiger partial charge on any atom is -0.507 e. The van der Waals surface area contributed by atoms with E-state index in [-0.39, 0.29) is 22.4 Å². The number of aromatic nitrogens is 1. The van der Waals surface area contributed by atoms with Gasteiger partial charge in [-0.15, -0.1) is 11.3 Å². The van der Waals surface area contributed by atoms with Gasteiger partial charge >= 0.3 is 0 Å². The van der Waals surface area contributed by atoms with Gasteiger partial charge < -0.3 is 10.1 Å². The molecule has 2 aromatic carbocycles. The van der Waals surface area contributed by atoms with E-state index in [0.29, 0.717) is 21.0 Å². The number of benzene rings is 2. The van der Waals surface area contributed by atoms with E-state index in [4.69, 9.17) is 0 Å². The molecule has 4 rings (SSSR count). The number of nitrogens with one attached hydrogen (secondary N) is 1. The number of phenols is 1. The zero-order chi connectivity index (χ0) is 17.0. The highest BCUT2D eigenvalue weighted by atomic mass is 32.1. The molecule has 24 heavy (non-hydrogen) atoms. The average Bonchev–Trinajstić information content (AvgIpc) is 3.03. The van der Waals surface area contributed by atoms with Crippen LogP contribution in [0.1, 0.15) is 0 Å². The summed E-state index contributed by atoms with van der Waals surface area (Å²) in [7, 11) is 0. The van der Waals surface area contributed by atoms with Gasteiger partial charge in [0.2, 0.25) is 0 Å². The number of pyridine rings is 1. The highest BCUT2D eigenvalue weighted by Crippen LogP contribution is 2.40. The van der Waals surface area contributed by atoms with Gasteiger partial charge in [-0.2, -0.15) is 0 Å². The van der Waals surface area contributed by atoms with Gasteiger partial charge in [0, 0.05) is 21.9 Å². The molecule has 7 heteroatoms. The number of rotatable bonds is 1. The van der Waals surface area contributed by atoms with E-state index in [1.807, 2.05) is 0 Å². The minimum absolute atomic E-state index is 0.0194. The summed E-state index contributed by atoms with van der Waals surface area (Å²) in [5.74, 6) is -4.51. The van der Waals surface area contributed by atoms with Crippen LogP contribution < -0.4 is 5.56 Å². The number of hydrogen-bond donors (Lipinski definition) is 2. The fourth-order valence-corrected chi connectivity index (χ4v) is 3.62. The Kier molecular flexibility index (Phi) is 3.14. The maximum atomic E-state index is 13.6. The van der Waals surface area contributed by atoms with Crippen molar-refractivity contribution in [1.29, 1.82) is 0 Å². The van der Waals surface area contributed by atoms with E-state index in [0.717, 1.165) is 12.1 Å². The number of aromatic hydroxyl groups is 1. The largest absolute Gasteiger partial charge is 0.507 e. The second-order valence-corrected chi connectivity index (χ2v) is 6.17. The van der Waals surface area contributed by atoms with Crippen molar-refractivity contribution in [1.82, 2.24) is 4.98 Å². The number of aromatic amines is 1. The van der Waals surface area contributed by atoms with Crippen molar-refractivity contribution in [3.8, 4) is 16.9 Å². The lowest BCUT2D eigenvalue weighted by Crippen LogP contribution is -2.04. The van der Waals surface area contributed by atoms with E-state index in [1.54, 1.807) is 11.4 Å². The Hall–Kier alpha value is -2.80. The summed E-state index contributed by atoms with van der Waals surface area (Å²) >= 11 is 1.21. The number of fused-ring (bicyclic) bond motifs is 3. The van der Waals surface area contributed by atoms with Crippen LogP contribution in [0.5, 0.6) is 5.75 Å². The van der Waals surface area contributed by atoms with Crippen molar-refractivity contribution in [2.24, 2.45) is 0 Å². The third-order valence-corrected chi connectivity index (χ3v) is 4.76. The van der Waals surface area contributed by atoms with E-state index in [2.05, 4.69) is 4.98 Å². The lowest BCUT2D eigenvalue weighted by Gasteiger charge is -2.11. The van der Waals surface area contributed by atoms with Gasteiger partial charge in [0.05, 0.1) is 0 Å². The van der Waals surface area contributed by atoms with Crippen LogP contribution in [0.15, 0.2) is 40.5 Å². The molecule has 120 valence electrons. The lowest BCUT2D eigenvalue weighted by atomic mass is 9.97. The molecule has 0 aliphatic carbocycles. The molecule has 0 aliphatic rings. The van der Waals surface area contributed by atoms with Crippen LogP contribution in [0.4, 0.5) is 13.2 Å². The smallest absolute Gasteiger partial charge is 0.266 e. The highest BCUT2D eigenvalue weighted by molar-refractivity contribution is 7.17. The molecule has 2 N–H and O–H groups in total. The van der Waals surface area contributed by atoms with Crippen molar-refractivity contribution in [3.63, 3.8) is 0 Å². The van der Waals surface area contributed by atoms with Crippen LogP contribution in [-0.2, 0) is 0 Å². The Morgan fingerprint density at radius 3 is 2.46 bits per heavy atom. The molecule has 4 aromatic rings. The Morgan fingerprint density at radius 1 is 1.04 bits per heavy atom. The Morgan fingerprint density at radius 2 is 1.75 bits per heavy atom. The monoisotopic (exact) mass is 347 g/mol. The summed E-state index contributed by atoms with van der Waals surface area (Å²) in [6, 6.07) is 6.14. The molecule has 0 spiro atoms. The minimum atomic E-state index is -1.58. The fourth-order valence-electron chi connectivity index (χ4n) is 2.83. The molecule has 0 saturated carbocycles. The van der Waals surface area contributed by atoms with Crippen molar-refractivity contribution >= 4 is 32.3 Å². The average molecular weight is 347 g/mol. The first kappa shape index (κ1) is 14.8. The van der Waals surface area contributed by atoms with Gasteiger partial charge in [0.1, 0.15) is 10.4 Å². The summed E-state index contributed by atoms with van der Waals surface area (Å²) in [5, 5.41) is 13.0. The van der Waals surface area contributed by atoms with Crippen LogP contribution in [-0.4, -0.2) is 10.1 Å². The molecule has 0 radical (unpaired) electrons. The van der Waals surface area contributed by atoms with Crippen molar-refractivity contribution in [2.45, 2.75) is 0 Å². The van der Waals surface area contributed by atoms with E-state index in [1.165, 1.54) is 23.5 Å². The van der Waals surface area contributed by atoms with E-state index >= 15 is 0 Å². The molecule has 0 atom stereocenters. The predicted molar refractivity (Wildman–Crippen MR) is 86.9 cm³/mol. The summed E-state index contributed by atoms with van der Waals surface area (Å²) in [5.41, 5.74) is 0.225. The van der Waals surface area contributed by atoms with Gasteiger partial charge in [0.15, 0.2) is 17.5 Å². The summed E-state index contributed by atoms with van der Waals surface area (Å²) in [6.45, 7) is 0. The van der Waals surface area contributed by atoms with E-state index in [9.17, 15) is 23.1 Å². The van der Waals surface area contributed by atoms with E-state index < -0.39 is 17.5 Å². The molecule has 3 nitrogen and oxygen atoms in total. The normalized spacial score (nSPS) is 11.5. The zero-order valence-corrected chi connectivity index (χ0v) is 12.7. The molecule has 0 aliphatic heterocycles. The molecule has 2 aromatic heterocycles. The third kappa shape index (κ3) is 2.01. The summed E-state index contributed by atoms with van der Waals surface area (Å²) < 4.78 is 40.9. The first-order valence-electron chi connectivity index (χ1n) is 6.87. The van der Waals surface area contributed by atoms with Gasteiger partial charge in [-0.25, -0.2) is 13.2 Å². The lowest BCUT2D eigenvalue weighted by molar-refractivity contribution is 0.447. The molecular formula is C17H8F3NO2S. The third-order valence-electron chi connectivity index (χ3n) is 3.84. The summed E-state index contributed by atoms with van der Waals surface area (Å²) in [4.78, 5) is 14.7. The van der Waals surface area contributed by atoms with Gasteiger partial charge in [-0.1, -0.05) is 0 Å². The van der Waals surface area contributed by atoms with Crippen molar-refractivity contribution in [2.75, 3.05) is 0 Å². The van der Waals surface area contributed by atoms with Crippen molar-refractivity contribution in [3.05, 3.63) is 63.5 Å². The van der Waals surface area contributed by atoms with Gasteiger partial charge in [-0.3, -0.25) is 4.79 Å². The second kappa shape index (κ2) is 5.10. The molecule has 0 unspecified atom stereocenters. The zero-order valence-electron chi connectivity index (χ0n) is 11.9. The molecule has 2 heterocycles. The van der Waals surface area contributed by atoms with Crippen LogP contribution in [0.3, 0.4) is 0 Å². The first-order valence-corrected chi connectivity index (χ1v) is 7.75. The highest BCUT2D eigenvalue weighted by Gasteiger charge is 2.18. The number of phenolic OH excluding ortho intramolecular Hbond substituents is 1. The number of thiophene rings is 1.